The van der Waals surface area contributed by atoms with Crippen LogP contribution in [0.3, 0.4) is 0 Å². The van der Waals surface area contributed by atoms with E-state index in [0.717, 1.165) is 6.42 Å². The molecule has 2 N–H and O–H groups in total. The summed E-state index contributed by atoms with van der Waals surface area (Å²) in [6.07, 6.45) is 7.38. The number of amides is 1. The Morgan fingerprint density at radius 1 is 1.24 bits per heavy atom. The fourth-order valence-corrected chi connectivity index (χ4v) is 2.98. The number of carbonyl (C=O) groups is 2. The van der Waals surface area contributed by atoms with Gasteiger partial charge in [0.15, 0.2) is 0 Å². The summed E-state index contributed by atoms with van der Waals surface area (Å²) in [6.45, 7) is 1.51. The zero-order valence-corrected chi connectivity index (χ0v) is 10.3. The van der Waals surface area contributed by atoms with Gasteiger partial charge in [-0.15, -0.1) is 0 Å². The van der Waals surface area contributed by atoms with E-state index in [0.29, 0.717) is 11.8 Å². The van der Waals surface area contributed by atoms with Crippen LogP contribution < -0.4 is 5.32 Å². The third kappa shape index (κ3) is 2.99. The largest absolute Gasteiger partial charge is 0.480 e. The molecule has 0 aliphatic heterocycles. The van der Waals surface area contributed by atoms with Gasteiger partial charge in [0.1, 0.15) is 6.04 Å². The van der Waals surface area contributed by atoms with E-state index < -0.39 is 12.0 Å². The van der Waals surface area contributed by atoms with Crippen molar-refractivity contribution in [1.82, 2.24) is 5.32 Å². The molecule has 96 valence electrons. The van der Waals surface area contributed by atoms with Crippen LogP contribution in [0.4, 0.5) is 0 Å². The molecule has 17 heavy (non-hydrogen) atoms. The van der Waals surface area contributed by atoms with Crippen LogP contribution in [-0.4, -0.2) is 23.0 Å². The Bertz CT molecular complexity index is 310. The van der Waals surface area contributed by atoms with E-state index in [1.807, 2.05) is 0 Å². The first-order valence-electron chi connectivity index (χ1n) is 6.62. The van der Waals surface area contributed by atoms with Gasteiger partial charge in [0, 0.05) is 5.92 Å². The van der Waals surface area contributed by atoms with Crippen molar-refractivity contribution in [1.29, 1.82) is 0 Å². The van der Waals surface area contributed by atoms with Crippen LogP contribution in [0.25, 0.3) is 0 Å². The van der Waals surface area contributed by atoms with E-state index in [1.54, 1.807) is 0 Å². The van der Waals surface area contributed by atoms with Crippen molar-refractivity contribution < 1.29 is 14.7 Å². The minimum atomic E-state index is -0.965. The predicted molar refractivity (Wildman–Crippen MR) is 63.4 cm³/mol. The van der Waals surface area contributed by atoms with E-state index in [9.17, 15) is 9.59 Å². The van der Waals surface area contributed by atoms with Gasteiger partial charge in [0.05, 0.1) is 0 Å². The first kappa shape index (κ1) is 12.4. The first-order chi connectivity index (χ1) is 8.09. The maximum Gasteiger partial charge on any atom is 0.325 e. The molecule has 0 spiro atoms. The van der Waals surface area contributed by atoms with E-state index in [-0.39, 0.29) is 11.8 Å². The summed E-state index contributed by atoms with van der Waals surface area (Å²) in [5.74, 6) is 0.291. The normalized spacial score (nSPS) is 30.6. The molecule has 4 nitrogen and oxygen atoms in total. The van der Waals surface area contributed by atoms with Gasteiger partial charge in [-0.1, -0.05) is 32.1 Å². The third-order valence-corrected chi connectivity index (χ3v) is 4.16. The van der Waals surface area contributed by atoms with Crippen molar-refractivity contribution in [2.24, 2.45) is 17.8 Å². The Morgan fingerprint density at radius 2 is 1.88 bits per heavy atom. The van der Waals surface area contributed by atoms with Crippen LogP contribution >= 0.6 is 0 Å². The highest BCUT2D eigenvalue weighted by molar-refractivity contribution is 5.86. The molecule has 2 unspecified atom stereocenters. The van der Waals surface area contributed by atoms with Crippen molar-refractivity contribution in [2.45, 2.75) is 51.5 Å². The molecule has 3 atom stereocenters. The molecule has 1 amide bonds. The zero-order valence-electron chi connectivity index (χ0n) is 10.3. The van der Waals surface area contributed by atoms with Gasteiger partial charge in [-0.25, -0.2) is 0 Å². The van der Waals surface area contributed by atoms with Crippen LogP contribution in [0.2, 0.25) is 0 Å². The standard InChI is InChI=1S/C13H21NO3/c1-8(13(16)17)14-12(15)11-7-10(11)9-5-3-2-4-6-9/h8-11H,2-7H2,1H3,(H,14,15)(H,16,17)/t8-,10?,11?/m1/s1. The van der Waals surface area contributed by atoms with Gasteiger partial charge in [0.25, 0.3) is 0 Å². The van der Waals surface area contributed by atoms with Gasteiger partial charge in [-0.3, -0.25) is 9.59 Å². The van der Waals surface area contributed by atoms with Crippen molar-refractivity contribution in [2.75, 3.05) is 0 Å². The second-order valence-electron chi connectivity index (χ2n) is 5.47. The van der Waals surface area contributed by atoms with Gasteiger partial charge >= 0.3 is 5.97 Å². The Labute approximate surface area is 102 Å². The number of carboxylic acid groups (broad SMARTS) is 1. The van der Waals surface area contributed by atoms with Gasteiger partial charge in [-0.2, -0.15) is 0 Å². The molecular weight excluding hydrogens is 218 g/mol. The van der Waals surface area contributed by atoms with Crippen LogP contribution in [-0.2, 0) is 9.59 Å². The fraction of sp³-hybridized carbons (Fsp3) is 0.846. The molecule has 2 saturated carbocycles. The molecule has 0 aromatic rings. The monoisotopic (exact) mass is 239 g/mol. The molecule has 2 aliphatic rings. The SMILES string of the molecule is C[C@@H](NC(=O)C1CC1C1CCCCC1)C(=O)O. The van der Waals surface area contributed by atoms with Crippen LogP contribution in [0.1, 0.15) is 45.4 Å². The van der Waals surface area contributed by atoms with Gasteiger partial charge in [-0.05, 0) is 25.2 Å². The smallest absolute Gasteiger partial charge is 0.325 e. The molecular formula is C13H21NO3. The van der Waals surface area contributed by atoms with E-state index >= 15 is 0 Å². The summed E-state index contributed by atoms with van der Waals surface area (Å²) >= 11 is 0. The van der Waals surface area contributed by atoms with Gasteiger partial charge < -0.3 is 10.4 Å². The van der Waals surface area contributed by atoms with Gasteiger partial charge in [0.2, 0.25) is 5.91 Å². The molecule has 0 bridgehead atoms. The summed E-state index contributed by atoms with van der Waals surface area (Å²) < 4.78 is 0. The van der Waals surface area contributed by atoms with Crippen molar-refractivity contribution in [3.05, 3.63) is 0 Å². The Kier molecular flexibility index (Phi) is 3.69. The van der Waals surface area contributed by atoms with E-state index in [2.05, 4.69) is 5.32 Å². The highest BCUT2D eigenvalue weighted by Gasteiger charge is 2.47. The fourth-order valence-electron chi connectivity index (χ4n) is 2.98. The highest BCUT2D eigenvalue weighted by Crippen LogP contribution is 2.49. The molecule has 0 heterocycles. The number of hydrogen-bond acceptors (Lipinski definition) is 2. The second kappa shape index (κ2) is 5.07. The number of carboxylic acids is 1. The molecule has 2 rings (SSSR count). The summed E-state index contributed by atoms with van der Waals surface area (Å²) in [7, 11) is 0. The predicted octanol–water partition coefficient (Wildman–Crippen LogP) is 1.79. The summed E-state index contributed by atoms with van der Waals surface area (Å²) in [5.41, 5.74) is 0. The molecule has 0 radical (unpaired) electrons. The zero-order chi connectivity index (χ0) is 12.4. The lowest BCUT2D eigenvalue weighted by molar-refractivity contribution is -0.141. The number of aliphatic carboxylic acids is 1. The maximum atomic E-state index is 11.8. The minimum absolute atomic E-state index is 0.0597. The number of rotatable bonds is 4. The molecule has 0 saturated heterocycles. The average molecular weight is 239 g/mol. The summed E-state index contributed by atoms with van der Waals surface area (Å²) in [4.78, 5) is 22.4. The van der Waals surface area contributed by atoms with Crippen LogP contribution in [0.5, 0.6) is 0 Å². The van der Waals surface area contributed by atoms with Crippen LogP contribution in [0.15, 0.2) is 0 Å². The number of carbonyl (C=O) groups excluding carboxylic acids is 1. The lowest BCUT2D eigenvalue weighted by Gasteiger charge is -2.21. The molecule has 2 fully saturated rings. The number of nitrogens with one attached hydrogen (secondary N) is 1. The summed E-state index contributed by atoms with van der Waals surface area (Å²) in [6, 6.07) is -0.768. The van der Waals surface area contributed by atoms with E-state index in [1.165, 1.54) is 39.0 Å². The Morgan fingerprint density at radius 3 is 2.47 bits per heavy atom. The van der Waals surface area contributed by atoms with Crippen molar-refractivity contribution >= 4 is 11.9 Å². The molecule has 2 aliphatic carbocycles. The maximum absolute atomic E-state index is 11.8. The topological polar surface area (TPSA) is 66.4 Å². The third-order valence-electron chi connectivity index (χ3n) is 4.16. The Balaban J connectivity index is 1.77. The quantitative estimate of drug-likeness (QED) is 0.786. The highest BCUT2D eigenvalue weighted by atomic mass is 16.4. The first-order valence-corrected chi connectivity index (χ1v) is 6.62. The van der Waals surface area contributed by atoms with Crippen LogP contribution in [0, 0.1) is 17.8 Å². The van der Waals surface area contributed by atoms with E-state index in [4.69, 9.17) is 5.11 Å². The van der Waals surface area contributed by atoms with Crippen molar-refractivity contribution in [3.8, 4) is 0 Å². The lowest BCUT2D eigenvalue weighted by atomic mass is 9.85. The lowest BCUT2D eigenvalue weighted by Crippen LogP contribution is -2.39. The average Bonchev–Trinajstić information content (AvgIpc) is 3.10. The Hall–Kier alpha value is -1.06. The summed E-state index contributed by atoms with van der Waals surface area (Å²) in [5, 5.41) is 11.3. The molecule has 0 aromatic heterocycles. The second-order valence-corrected chi connectivity index (χ2v) is 5.47. The molecule has 4 heteroatoms. The molecule has 0 aromatic carbocycles. The minimum Gasteiger partial charge on any atom is -0.480 e. The number of hydrogen-bond donors (Lipinski definition) is 2. The van der Waals surface area contributed by atoms with Crippen molar-refractivity contribution in [3.63, 3.8) is 0 Å².